The van der Waals surface area contributed by atoms with E-state index in [4.69, 9.17) is 22.1 Å². The molecule has 0 atom stereocenters. The quantitative estimate of drug-likeness (QED) is 0.771. The summed E-state index contributed by atoms with van der Waals surface area (Å²) in [6.07, 6.45) is 0. The highest BCUT2D eigenvalue weighted by Gasteiger charge is 2.07. The number of carbonyl (C=O) groups excluding carboxylic acids is 1. The Labute approximate surface area is 99.7 Å². The molecule has 0 saturated carbocycles. The molecular weight excluding hydrogens is 228 g/mol. The molecule has 0 bridgehead atoms. The molecule has 4 nitrogen and oxygen atoms in total. The molecule has 0 unspecified atom stereocenters. The van der Waals surface area contributed by atoms with Crippen LogP contribution < -0.4 is 11.1 Å². The molecule has 5 heteroatoms. The van der Waals surface area contributed by atoms with E-state index in [0.717, 1.165) is 5.56 Å². The minimum absolute atomic E-state index is 0.0120. The number of aryl methyl sites for hydroxylation is 1. The topological polar surface area (TPSA) is 64.3 Å². The van der Waals surface area contributed by atoms with E-state index in [9.17, 15) is 4.79 Å². The minimum atomic E-state index is -0.232. The fourth-order valence-electron chi connectivity index (χ4n) is 1.21. The van der Waals surface area contributed by atoms with E-state index < -0.39 is 0 Å². The molecule has 0 heterocycles. The Morgan fingerprint density at radius 2 is 2.31 bits per heavy atom. The number of nitrogens with two attached hydrogens (primary N) is 1. The summed E-state index contributed by atoms with van der Waals surface area (Å²) >= 11 is 5.96. The SMILES string of the molecule is Cc1cccc(Cl)c1NC(=O)COCCN. The molecule has 0 fully saturated rings. The smallest absolute Gasteiger partial charge is 0.250 e. The van der Waals surface area contributed by atoms with Crippen LogP contribution in [0, 0.1) is 6.92 Å². The van der Waals surface area contributed by atoms with Crippen LogP contribution in [-0.4, -0.2) is 25.7 Å². The molecular formula is C11H15ClN2O2. The Hall–Kier alpha value is -1.10. The van der Waals surface area contributed by atoms with Crippen LogP contribution in [0.4, 0.5) is 5.69 Å². The summed E-state index contributed by atoms with van der Waals surface area (Å²) in [5, 5.41) is 3.22. The van der Waals surface area contributed by atoms with Gasteiger partial charge in [-0.25, -0.2) is 0 Å². The largest absolute Gasteiger partial charge is 0.370 e. The zero-order chi connectivity index (χ0) is 12.0. The molecule has 0 aliphatic carbocycles. The van der Waals surface area contributed by atoms with Gasteiger partial charge < -0.3 is 15.8 Å². The first-order valence-corrected chi connectivity index (χ1v) is 5.35. The van der Waals surface area contributed by atoms with Crippen molar-refractivity contribution >= 4 is 23.2 Å². The Balaban J connectivity index is 2.56. The van der Waals surface area contributed by atoms with Crippen molar-refractivity contribution in [3.8, 4) is 0 Å². The monoisotopic (exact) mass is 242 g/mol. The number of nitrogens with one attached hydrogen (secondary N) is 1. The molecule has 1 aromatic rings. The average molecular weight is 243 g/mol. The summed E-state index contributed by atoms with van der Waals surface area (Å²) in [7, 11) is 0. The fraction of sp³-hybridized carbons (Fsp3) is 0.364. The highest BCUT2D eigenvalue weighted by Crippen LogP contribution is 2.24. The number of hydrogen-bond acceptors (Lipinski definition) is 3. The van der Waals surface area contributed by atoms with Crippen molar-refractivity contribution in [2.24, 2.45) is 5.73 Å². The Bertz CT molecular complexity index is 349. The van der Waals surface area contributed by atoms with Gasteiger partial charge in [0.25, 0.3) is 0 Å². The Kier molecular flexibility index (Phi) is 5.25. The third-order valence-electron chi connectivity index (χ3n) is 1.98. The minimum Gasteiger partial charge on any atom is -0.370 e. The third-order valence-corrected chi connectivity index (χ3v) is 2.30. The molecule has 1 amide bonds. The van der Waals surface area contributed by atoms with E-state index in [0.29, 0.717) is 23.9 Å². The van der Waals surface area contributed by atoms with E-state index in [1.165, 1.54) is 0 Å². The molecule has 0 aromatic heterocycles. The maximum Gasteiger partial charge on any atom is 0.250 e. The summed E-state index contributed by atoms with van der Waals surface area (Å²) in [6.45, 7) is 2.64. The lowest BCUT2D eigenvalue weighted by Crippen LogP contribution is -2.21. The lowest BCUT2D eigenvalue weighted by molar-refractivity contribution is -0.120. The summed E-state index contributed by atoms with van der Waals surface area (Å²) in [5.74, 6) is -0.232. The van der Waals surface area contributed by atoms with Gasteiger partial charge in [-0.15, -0.1) is 0 Å². The van der Waals surface area contributed by atoms with Gasteiger partial charge in [-0.1, -0.05) is 23.7 Å². The van der Waals surface area contributed by atoms with Gasteiger partial charge in [0.05, 0.1) is 17.3 Å². The normalized spacial score (nSPS) is 10.2. The third kappa shape index (κ3) is 3.81. The Morgan fingerprint density at radius 1 is 1.56 bits per heavy atom. The maximum atomic E-state index is 11.5. The second-order valence-corrected chi connectivity index (χ2v) is 3.73. The molecule has 0 saturated heterocycles. The van der Waals surface area contributed by atoms with E-state index >= 15 is 0 Å². The number of halogens is 1. The number of anilines is 1. The van der Waals surface area contributed by atoms with E-state index in [-0.39, 0.29) is 12.5 Å². The molecule has 0 aliphatic heterocycles. The first-order valence-electron chi connectivity index (χ1n) is 4.98. The van der Waals surface area contributed by atoms with Crippen molar-refractivity contribution in [1.29, 1.82) is 0 Å². The lowest BCUT2D eigenvalue weighted by Gasteiger charge is -2.10. The molecule has 1 aromatic carbocycles. The fourth-order valence-corrected chi connectivity index (χ4v) is 1.48. The van der Waals surface area contributed by atoms with Crippen molar-refractivity contribution in [2.45, 2.75) is 6.92 Å². The first kappa shape index (κ1) is 13.0. The van der Waals surface area contributed by atoms with Gasteiger partial charge in [0.15, 0.2) is 0 Å². The van der Waals surface area contributed by atoms with Crippen LogP contribution >= 0.6 is 11.6 Å². The molecule has 16 heavy (non-hydrogen) atoms. The number of carbonyl (C=O) groups is 1. The first-order chi connectivity index (χ1) is 7.65. The standard InChI is InChI=1S/C11H15ClN2O2/c1-8-3-2-4-9(12)11(8)14-10(15)7-16-6-5-13/h2-4H,5-7,13H2,1H3,(H,14,15). The van der Waals surface area contributed by atoms with Gasteiger partial charge in [-0.05, 0) is 18.6 Å². The number of ether oxygens (including phenoxy) is 1. The summed E-state index contributed by atoms with van der Waals surface area (Å²) in [6, 6.07) is 5.44. The highest BCUT2D eigenvalue weighted by molar-refractivity contribution is 6.33. The number of hydrogen-bond donors (Lipinski definition) is 2. The predicted octanol–water partition coefficient (Wildman–Crippen LogP) is 1.56. The van der Waals surface area contributed by atoms with Gasteiger partial charge in [-0.2, -0.15) is 0 Å². The van der Waals surface area contributed by atoms with Crippen LogP contribution in [0.1, 0.15) is 5.56 Å². The molecule has 3 N–H and O–H groups in total. The Morgan fingerprint density at radius 3 is 2.94 bits per heavy atom. The van der Waals surface area contributed by atoms with Crippen LogP contribution in [-0.2, 0) is 9.53 Å². The predicted molar refractivity (Wildman–Crippen MR) is 64.7 cm³/mol. The summed E-state index contributed by atoms with van der Waals surface area (Å²) < 4.78 is 5.02. The lowest BCUT2D eigenvalue weighted by atomic mass is 10.2. The molecule has 88 valence electrons. The zero-order valence-corrected chi connectivity index (χ0v) is 9.88. The van der Waals surface area contributed by atoms with Gasteiger partial charge in [0, 0.05) is 6.54 Å². The molecule has 0 spiro atoms. The van der Waals surface area contributed by atoms with E-state index in [2.05, 4.69) is 5.32 Å². The van der Waals surface area contributed by atoms with Crippen LogP contribution in [0.15, 0.2) is 18.2 Å². The highest BCUT2D eigenvalue weighted by atomic mass is 35.5. The van der Waals surface area contributed by atoms with Gasteiger partial charge in [0.1, 0.15) is 6.61 Å². The summed E-state index contributed by atoms with van der Waals surface area (Å²) in [5.41, 5.74) is 6.78. The van der Waals surface area contributed by atoms with Gasteiger partial charge in [0.2, 0.25) is 5.91 Å². The molecule has 0 radical (unpaired) electrons. The van der Waals surface area contributed by atoms with Crippen LogP contribution in [0.3, 0.4) is 0 Å². The second kappa shape index (κ2) is 6.48. The van der Waals surface area contributed by atoms with Crippen LogP contribution in [0.25, 0.3) is 0 Å². The van der Waals surface area contributed by atoms with Crippen LogP contribution in [0.5, 0.6) is 0 Å². The van der Waals surface area contributed by atoms with E-state index in [1.807, 2.05) is 19.1 Å². The number of rotatable bonds is 5. The number of para-hydroxylation sites is 1. The van der Waals surface area contributed by atoms with E-state index in [1.54, 1.807) is 6.07 Å². The van der Waals surface area contributed by atoms with Gasteiger partial charge in [-0.3, -0.25) is 4.79 Å². The summed E-state index contributed by atoms with van der Waals surface area (Å²) in [4.78, 5) is 11.5. The van der Waals surface area contributed by atoms with Crippen molar-refractivity contribution < 1.29 is 9.53 Å². The average Bonchev–Trinajstić information content (AvgIpc) is 2.24. The molecule has 0 aliphatic rings. The van der Waals surface area contributed by atoms with Crippen LogP contribution in [0.2, 0.25) is 5.02 Å². The second-order valence-electron chi connectivity index (χ2n) is 3.32. The number of benzene rings is 1. The zero-order valence-electron chi connectivity index (χ0n) is 9.13. The maximum absolute atomic E-state index is 11.5. The van der Waals surface area contributed by atoms with Crippen molar-refractivity contribution in [2.75, 3.05) is 25.1 Å². The van der Waals surface area contributed by atoms with Crippen molar-refractivity contribution in [1.82, 2.24) is 0 Å². The van der Waals surface area contributed by atoms with Gasteiger partial charge >= 0.3 is 0 Å². The van der Waals surface area contributed by atoms with Crippen molar-refractivity contribution in [3.05, 3.63) is 28.8 Å². The van der Waals surface area contributed by atoms with Crippen molar-refractivity contribution in [3.63, 3.8) is 0 Å². The number of amides is 1. The molecule has 1 rings (SSSR count).